The second-order valence-electron chi connectivity index (χ2n) is 5.35. The van der Waals surface area contributed by atoms with E-state index in [1.165, 1.54) is 31.2 Å². The van der Waals surface area contributed by atoms with Crippen LogP contribution in [-0.2, 0) is 12.8 Å². The summed E-state index contributed by atoms with van der Waals surface area (Å²) in [6.07, 6.45) is 7.13. The first-order chi connectivity index (χ1) is 9.35. The van der Waals surface area contributed by atoms with Crippen molar-refractivity contribution in [3.63, 3.8) is 0 Å². The molecule has 19 heavy (non-hydrogen) atoms. The lowest BCUT2D eigenvalue weighted by Gasteiger charge is -2.19. The number of hydrogen-bond acceptors (Lipinski definition) is 1. The van der Waals surface area contributed by atoms with E-state index in [0.717, 1.165) is 19.4 Å². The fourth-order valence-corrected chi connectivity index (χ4v) is 2.86. The average molecular weight is 255 g/mol. The van der Waals surface area contributed by atoms with Crippen LogP contribution in [0.4, 0.5) is 0 Å². The van der Waals surface area contributed by atoms with Gasteiger partial charge in [-0.15, -0.1) is 11.8 Å². The zero-order chi connectivity index (χ0) is 13.5. The van der Waals surface area contributed by atoms with Gasteiger partial charge in [0, 0.05) is 12.5 Å². The van der Waals surface area contributed by atoms with Gasteiger partial charge in [-0.05, 0) is 62.3 Å². The van der Waals surface area contributed by atoms with Crippen molar-refractivity contribution in [2.45, 2.75) is 58.4 Å². The van der Waals surface area contributed by atoms with E-state index in [9.17, 15) is 0 Å². The first-order valence-electron chi connectivity index (χ1n) is 7.59. The van der Waals surface area contributed by atoms with Crippen LogP contribution in [-0.4, -0.2) is 6.54 Å². The Morgan fingerprint density at radius 2 is 2.11 bits per heavy atom. The third-order valence-electron chi connectivity index (χ3n) is 3.90. The van der Waals surface area contributed by atoms with E-state index >= 15 is 0 Å². The van der Waals surface area contributed by atoms with Gasteiger partial charge in [-0.1, -0.05) is 25.1 Å². The van der Waals surface area contributed by atoms with E-state index in [2.05, 4.69) is 42.3 Å². The van der Waals surface area contributed by atoms with Crippen molar-refractivity contribution in [2.24, 2.45) is 0 Å². The molecule has 102 valence electrons. The van der Waals surface area contributed by atoms with Crippen molar-refractivity contribution >= 4 is 0 Å². The van der Waals surface area contributed by atoms with Gasteiger partial charge in [0.25, 0.3) is 0 Å². The molecule has 2 rings (SSSR count). The van der Waals surface area contributed by atoms with Crippen LogP contribution < -0.4 is 5.32 Å². The van der Waals surface area contributed by atoms with Gasteiger partial charge in [0.15, 0.2) is 0 Å². The smallest absolute Gasteiger partial charge is 0.0329 e. The number of nitrogens with one attached hydrogen (secondary N) is 1. The molecule has 0 spiro atoms. The predicted octanol–water partition coefficient (Wildman–Crippen LogP) is 4.02. The van der Waals surface area contributed by atoms with Crippen LogP contribution in [0.1, 0.15) is 62.3 Å². The molecule has 1 nitrogen and oxygen atoms in total. The molecule has 0 fully saturated rings. The molecular formula is C18H25N. The zero-order valence-corrected chi connectivity index (χ0v) is 12.3. The number of fused-ring (bicyclic) bond motifs is 1. The van der Waals surface area contributed by atoms with E-state index in [-0.39, 0.29) is 0 Å². The van der Waals surface area contributed by atoms with Crippen LogP contribution in [0.25, 0.3) is 0 Å². The lowest BCUT2D eigenvalue weighted by Crippen LogP contribution is -2.22. The summed E-state index contributed by atoms with van der Waals surface area (Å²) in [6.45, 7) is 5.23. The van der Waals surface area contributed by atoms with E-state index in [1.54, 1.807) is 11.1 Å². The van der Waals surface area contributed by atoms with Crippen LogP contribution in [0.3, 0.4) is 0 Å². The first kappa shape index (κ1) is 14.2. The Morgan fingerprint density at radius 3 is 2.89 bits per heavy atom. The Hall–Kier alpha value is -1.26. The molecule has 1 N–H and O–H groups in total. The summed E-state index contributed by atoms with van der Waals surface area (Å²) in [7, 11) is 0. The Morgan fingerprint density at radius 1 is 1.26 bits per heavy atom. The molecule has 0 saturated heterocycles. The summed E-state index contributed by atoms with van der Waals surface area (Å²) in [5.74, 6) is 6.18. The van der Waals surface area contributed by atoms with E-state index in [0.29, 0.717) is 6.04 Å². The number of hydrogen-bond donors (Lipinski definition) is 1. The molecule has 1 atom stereocenters. The van der Waals surface area contributed by atoms with Crippen molar-refractivity contribution in [1.82, 2.24) is 5.32 Å². The second kappa shape index (κ2) is 7.36. The van der Waals surface area contributed by atoms with Gasteiger partial charge in [0.1, 0.15) is 0 Å². The summed E-state index contributed by atoms with van der Waals surface area (Å²) >= 11 is 0. The van der Waals surface area contributed by atoms with Crippen molar-refractivity contribution < 1.29 is 0 Å². The SMILES string of the molecule is CC#CCCC(NCCC)c1ccc2c(c1)CCC2. The normalized spacial score (nSPS) is 14.6. The minimum Gasteiger partial charge on any atom is -0.310 e. The number of benzene rings is 1. The second-order valence-corrected chi connectivity index (χ2v) is 5.35. The lowest BCUT2D eigenvalue weighted by atomic mass is 9.98. The van der Waals surface area contributed by atoms with Crippen molar-refractivity contribution in [1.29, 1.82) is 0 Å². The molecule has 0 radical (unpaired) electrons. The van der Waals surface area contributed by atoms with Crippen LogP contribution >= 0.6 is 0 Å². The van der Waals surface area contributed by atoms with E-state index < -0.39 is 0 Å². The van der Waals surface area contributed by atoms with Gasteiger partial charge in [-0.3, -0.25) is 0 Å². The molecule has 0 aromatic heterocycles. The first-order valence-corrected chi connectivity index (χ1v) is 7.59. The standard InChI is InChI=1S/C18H25N/c1-3-5-6-10-18(19-13-4-2)17-12-11-15-8-7-9-16(15)14-17/h11-12,14,18-19H,4,6-10,13H2,1-2H3. The van der Waals surface area contributed by atoms with Crippen LogP contribution in [0.5, 0.6) is 0 Å². The Balaban J connectivity index is 2.08. The van der Waals surface area contributed by atoms with Crippen molar-refractivity contribution in [2.75, 3.05) is 6.54 Å². The highest BCUT2D eigenvalue weighted by Crippen LogP contribution is 2.27. The van der Waals surface area contributed by atoms with Gasteiger partial charge >= 0.3 is 0 Å². The average Bonchev–Trinajstić information content (AvgIpc) is 2.90. The molecule has 0 aliphatic heterocycles. The third-order valence-corrected chi connectivity index (χ3v) is 3.90. The minimum atomic E-state index is 0.465. The molecular weight excluding hydrogens is 230 g/mol. The van der Waals surface area contributed by atoms with Gasteiger partial charge < -0.3 is 5.32 Å². The molecule has 1 unspecified atom stereocenters. The van der Waals surface area contributed by atoms with Crippen LogP contribution in [0, 0.1) is 11.8 Å². The lowest BCUT2D eigenvalue weighted by molar-refractivity contribution is 0.505. The largest absolute Gasteiger partial charge is 0.310 e. The zero-order valence-electron chi connectivity index (χ0n) is 12.3. The minimum absolute atomic E-state index is 0.465. The maximum absolute atomic E-state index is 3.67. The Bertz CT molecular complexity index is 464. The van der Waals surface area contributed by atoms with Gasteiger partial charge in [-0.2, -0.15) is 0 Å². The summed E-state index contributed by atoms with van der Waals surface area (Å²) < 4.78 is 0. The highest BCUT2D eigenvalue weighted by atomic mass is 14.9. The van der Waals surface area contributed by atoms with E-state index in [4.69, 9.17) is 0 Å². The molecule has 1 heteroatoms. The number of aryl methyl sites for hydroxylation is 2. The van der Waals surface area contributed by atoms with Gasteiger partial charge in [0.05, 0.1) is 0 Å². The molecule has 0 amide bonds. The fraction of sp³-hybridized carbons (Fsp3) is 0.556. The molecule has 0 saturated carbocycles. The summed E-state index contributed by atoms with van der Waals surface area (Å²) in [6, 6.07) is 7.54. The summed E-state index contributed by atoms with van der Waals surface area (Å²) in [5, 5.41) is 3.67. The predicted molar refractivity (Wildman–Crippen MR) is 82.2 cm³/mol. The molecule has 1 aromatic rings. The Labute approximate surface area is 117 Å². The highest BCUT2D eigenvalue weighted by Gasteiger charge is 2.15. The Kier molecular flexibility index (Phi) is 5.48. The van der Waals surface area contributed by atoms with E-state index in [1.807, 2.05) is 6.92 Å². The van der Waals surface area contributed by atoms with Crippen LogP contribution in [0.2, 0.25) is 0 Å². The maximum atomic E-state index is 3.67. The fourth-order valence-electron chi connectivity index (χ4n) is 2.86. The number of rotatable bonds is 6. The molecule has 1 aliphatic rings. The third kappa shape index (κ3) is 3.85. The van der Waals surface area contributed by atoms with Crippen molar-refractivity contribution in [3.05, 3.63) is 34.9 Å². The topological polar surface area (TPSA) is 12.0 Å². The molecule has 0 bridgehead atoms. The van der Waals surface area contributed by atoms with Gasteiger partial charge in [-0.25, -0.2) is 0 Å². The molecule has 0 heterocycles. The van der Waals surface area contributed by atoms with Gasteiger partial charge in [0.2, 0.25) is 0 Å². The monoisotopic (exact) mass is 255 g/mol. The van der Waals surface area contributed by atoms with Crippen molar-refractivity contribution in [3.8, 4) is 11.8 Å². The molecule has 1 aromatic carbocycles. The summed E-state index contributed by atoms with van der Waals surface area (Å²) in [5.41, 5.74) is 4.58. The molecule has 1 aliphatic carbocycles. The highest BCUT2D eigenvalue weighted by molar-refractivity contribution is 5.36. The van der Waals surface area contributed by atoms with Crippen LogP contribution in [0.15, 0.2) is 18.2 Å². The quantitative estimate of drug-likeness (QED) is 0.757. The maximum Gasteiger partial charge on any atom is 0.0329 e. The summed E-state index contributed by atoms with van der Waals surface area (Å²) in [4.78, 5) is 0.